The Balaban J connectivity index is 2.82. The van der Waals surface area contributed by atoms with Gasteiger partial charge in [0.2, 0.25) is 0 Å². The highest BCUT2D eigenvalue weighted by atomic mass is 32.2. The van der Waals surface area contributed by atoms with Gasteiger partial charge in [0, 0.05) is 29.7 Å². The number of nitrogens with zero attached hydrogens (tertiary/aromatic N) is 1. The number of aromatic amines is 1. The van der Waals surface area contributed by atoms with Gasteiger partial charge in [-0.2, -0.15) is 0 Å². The number of Topliss-reactive ketones (excluding diaryl/α,β-unsaturated/α-hetero) is 1. The summed E-state index contributed by atoms with van der Waals surface area (Å²) in [6, 6.07) is 0. The lowest BCUT2D eigenvalue weighted by Crippen LogP contribution is -2.23. The molecule has 0 saturated carbocycles. The van der Waals surface area contributed by atoms with E-state index >= 15 is 0 Å². The van der Waals surface area contributed by atoms with Crippen LogP contribution >= 0.6 is 11.8 Å². The minimum absolute atomic E-state index is 0.0827. The summed E-state index contributed by atoms with van der Waals surface area (Å²) in [5, 5.41) is 9.32. The number of carbonyl (C=O) groups is 1. The third-order valence-corrected chi connectivity index (χ3v) is 3.61. The van der Waals surface area contributed by atoms with Crippen LogP contribution in [0, 0.1) is 12.3 Å². The highest BCUT2D eigenvalue weighted by molar-refractivity contribution is 7.99. The number of nitrogens with one attached hydrogen (secondary N) is 1. The van der Waals surface area contributed by atoms with E-state index in [-0.39, 0.29) is 29.1 Å². The molecule has 0 amide bonds. The van der Waals surface area contributed by atoms with Gasteiger partial charge in [0.15, 0.2) is 5.16 Å². The van der Waals surface area contributed by atoms with E-state index in [0.29, 0.717) is 22.8 Å². The van der Waals surface area contributed by atoms with Crippen molar-refractivity contribution in [2.45, 2.75) is 39.3 Å². The van der Waals surface area contributed by atoms with Crippen LogP contribution in [0.4, 0.5) is 0 Å². The molecule has 19 heavy (non-hydrogen) atoms. The largest absolute Gasteiger partial charge is 0.396 e. The summed E-state index contributed by atoms with van der Waals surface area (Å²) >= 11 is 1.23. The van der Waals surface area contributed by atoms with Crippen molar-refractivity contribution in [1.29, 1.82) is 0 Å². The summed E-state index contributed by atoms with van der Waals surface area (Å²) < 4.78 is 0. The molecule has 0 spiro atoms. The van der Waals surface area contributed by atoms with Crippen LogP contribution in [-0.4, -0.2) is 33.2 Å². The molecule has 0 atom stereocenters. The summed E-state index contributed by atoms with van der Waals surface area (Å²) in [7, 11) is 0. The Bertz CT molecular complexity index is 518. The van der Waals surface area contributed by atoms with Crippen LogP contribution in [0.3, 0.4) is 0 Å². The fourth-order valence-corrected chi connectivity index (χ4v) is 2.48. The minimum atomic E-state index is -0.390. The second-order valence-electron chi connectivity index (χ2n) is 5.37. The number of aromatic nitrogens is 2. The lowest BCUT2D eigenvalue weighted by molar-refractivity contribution is -0.123. The van der Waals surface area contributed by atoms with Crippen LogP contribution in [0.2, 0.25) is 0 Å². The molecule has 0 unspecified atom stereocenters. The Morgan fingerprint density at radius 1 is 1.42 bits per heavy atom. The molecule has 0 bridgehead atoms. The highest BCUT2D eigenvalue weighted by Crippen LogP contribution is 2.20. The molecule has 1 heterocycles. The maximum atomic E-state index is 11.8. The number of hydrogen-bond acceptors (Lipinski definition) is 5. The van der Waals surface area contributed by atoms with Gasteiger partial charge in [0.1, 0.15) is 5.78 Å². The second-order valence-corrected chi connectivity index (χ2v) is 6.33. The third-order valence-electron chi connectivity index (χ3n) is 2.74. The number of ketones is 1. The summed E-state index contributed by atoms with van der Waals surface area (Å²) in [6.45, 7) is 7.24. The molecule has 0 aliphatic heterocycles. The van der Waals surface area contributed by atoms with Crippen molar-refractivity contribution in [3.05, 3.63) is 21.6 Å². The van der Waals surface area contributed by atoms with E-state index < -0.39 is 0 Å². The first-order valence-corrected chi connectivity index (χ1v) is 7.11. The maximum Gasteiger partial charge on any atom is 0.255 e. The SMILES string of the molecule is Cc1nc(SCC(=O)C(C)(C)C)[nH]c(=O)c1CCO. The van der Waals surface area contributed by atoms with E-state index in [1.807, 2.05) is 20.8 Å². The van der Waals surface area contributed by atoms with Gasteiger partial charge in [-0.05, 0) is 6.92 Å². The molecule has 6 heteroatoms. The zero-order valence-corrected chi connectivity index (χ0v) is 12.6. The molecule has 0 saturated heterocycles. The fraction of sp³-hybridized carbons (Fsp3) is 0.615. The van der Waals surface area contributed by atoms with Gasteiger partial charge in [0.05, 0.1) is 5.75 Å². The number of aryl methyl sites for hydroxylation is 1. The van der Waals surface area contributed by atoms with Crippen molar-refractivity contribution in [3.8, 4) is 0 Å². The van der Waals surface area contributed by atoms with Gasteiger partial charge < -0.3 is 10.1 Å². The molecule has 1 aromatic rings. The molecule has 0 aromatic carbocycles. The predicted molar refractivity (Wildman–Crippen MR) is 75.6 cm³/mol. The van der Waals surface area contributed by atoms with Crippen molar-refractivity contribution in [1.82, 2.24) is 9.97 Å². The van der Waals surface area contributed by atoms with Crippen LogP contribution in [0.25, 0.3) is 0 Å². The summed E-state index contributed by atoms with van der Waals surface area (Å²) in [6.07, 6.45) is 0.292. The van der Waals surface area contributed by atoms with Gasteiger partial charge in [-0.3, -0.25) is 9.59 Å². The fourth-order valence-electron chi connectivity index (χ4n) is 1.41. The highest BCUT2D eigenvalue weighted by Gasteiger charge is 2.21. The number of H-pyrrole nitrogens is 1. The second kappa shape index (κ2) is 6.34. The van der Waals surface area contributed by atoms with Crippen molar-refractivity contribution in [2.24, 2.45) is 5.41 Å². The van der Waals surface area contributed by atoms with Crippen molar-refractivity contribution < 1.29 is 9.90 Å². The molecule has 2 N–H and O–H groups in total. The zero-order valence-electron chi connectivity index (χ0n) is 11.7. The first-order valence-electron chi connectivity index (χ1n) is 6.12. The van der Waals surface area contributed by atoms with Crippen molar-refractivity contribution >= 4 is 17.5 Å². The normalized spacial score (nSPS) is 11.6. The van der Waals surface area contributed by atoms with Crippen LogP contribution in [0.5, 0.6) is 0 Å². The molecule has 0 aliphatic rings. The number of hydrogen-bond donors (Lipinski definition) is 2. The van der Waals surface area contributed by atoms with E-state index in [2.05, 4.69) is 9.97 Å². The molecule has 106 valence electrons. The minimum Gasteiger partial charge on any atom is -0.396 e. The maximum absolute atomic E-state index is 11.8. The standard InChI is InChI=1S/C13H20N2O3S/c1-8-9(5-6-16)11(18)15-12(14-8)19-7-10(17)13(2,3)4/h16H,5-7H2,1-4H3,(H,14,15,18). The summed E-state index contributed by atoms with van der Waals surface area (Å²) in [5.74, 6) is 0.392. The Labute approximate surface area is 116 Å². The number of rotatable bonds is 5. The lowest BCUT2D eigenvalue weighted by atomic mass is 9.92. The molecule has 1 rings (SSSR count). The topological polar surface area (TPSA) is 83.0 Å². The molecule has 0 aliphatic carbocycles. The monoisotopic (exact) mass is 284 g/mol. The number of aliphatic hydroxyl groups is 1. The zero-order chi connectivity index (χ0) is 14.6. The van der Waals surface area contributed by atoms with E-state index in [9.17, 15) is 9.59 Å². The van der Waals surface area contributed by atoms with Crippen LogP contribution in [-0.2, 0) is 11.2 Å². The molecular formula is C13H20N2O3S. The molecule has 0 radical (unpaired) electrons. The number of thioether (sulfide) groups is 1. The van der Waals surface area contributed by atoms with Crippen LogP contribution in [0.1, 0.15) is 32.0 Å². The molecule has 0 fully saturated rings. The van der Waals surface area contributed by atoms with Gasteiger partial charge >= 0.3 is 0 Å². The molecule has 5 nitrogen and oxygen atoms in total. The first-order chi connectivity index (χ1) is 8.75. The quantitative estimate of drug-likeness (QED) is 0.629. The third kappa shape index (κ3) is 4.47. The van der Waals surface area contributed by atoms with E-state index in [0.717, 1.165) is 0 Å². The Morgan fingerprint density at radius 3 is 2.53 bits per heavy atom. The summed E-state index contributed by atoms with van der Waals surface area (Å²) in [4.78, 5) is 30.5. The predicted octanol–water partition coefficient (Wildman–Crippen LogP) is 1.32. The Kier molecular flexibility index (Phi) is 5.31. The Hall–Kier alpha value is -1.14. The number of aliphatic hydroxyl groups excluding tert-OH is 1. The average Bonchev–Trinajstić information content (AvgIpc) is 2.29. The van der Waals surface area contributed by atoms with E-state index in [1.165, 1.54) is 11.8 Å². The average molecular weight is 284 g/mol. The first kappa shape index (κ1) is 15.9. The van der Waals surface area contributed by atoms with Crippen LogP contribution in [0.15, 0.2) is 9.95 Å². The van der Waals surface area contributed by atoms with Gasteiger partial charge in [0.25, 0.3) is 5.56 Å². The number of carbonyl (C=O) groups excluding carboxylic acids is 1. The van der Waals surface area contributed by atoms with Crippen molar-refractivity contribution in [2.75, 3.05) is 12.4 Å². The van der Waals surface area contributed by atoms with E-state index in [4.69, 9.17) is 5.11 Å². The molecular weight excluding hydrogens is 264 g/mol. The smallest absolute Gasteiger partial charge is 0.255 e. The van der Waals surface area contributed by atoms with Gasteiger partial charge in [-0.1, -0.05) is 32.5 Å². The van der Waals surface area contributed by atoms with Gasteiger partial charge in [-0.15, -0.1) is 0 Å². The van der Waals surface area contributed by atoms with E-state index in [1.54, 1.807) is 6.92 Å². The summed E-state index contributed by atoms with van der Waals surface area (Å²) in [5.41, 5.74) is 0.462. The Morgan fingerprint density at radius 2 is 2.05 bits per heavy atom. The lowest BCUT2D eigenvalue weighted by Gasteiger charge is -2.15. The van der Waals surface area contributed by atoms with Gasteiger partial charge in [-0.25, -0.2) is 4.98 Å². The molecule has 1 aromatic heterocycles. The van der Waals surface area contributed by atoms with Crippen molar-refractivity contribution in [3.63, 3.8) is 0 Å². The van der Waals surface area contributed by atoms with Crippen LogP contribution < -0.4 is 5.56 Å².